The van der Waals surface area contributed by atoms with Crippen LogP contribution in [0.3, 0.4) is 0 Å². The zero-order valence-electron chi connectivity index (χ0n) is 6.44. The molecule has 2 heterocycles. The Morgan fingerprint density at radius 2 is 2.31 bits per heavy atom. The van der Waals surface area contributed by atoms with E-state index in [2.05, 4.69) is 31.0 Å². The molecule has 5 nitrogen and oxygen atoms in total. The number of hydrogen-bond acceptors (Lipinski definition) is 3. The molecule has 0 saturated carbocycles. The highest BCUT2D eigenvalue weighted by molar-refractivity contribution is 9.10. The van der Waals surface area contributed by atoms with Crippen LogP contribution in [0.2, 0.25) is 0 Å². The number of aromatic nitrogens is 4. The molecule has 0 aromatic carbocycles. The van der Waals surface area contributed by atoms with Gasteiger partial charge < -0.3 is 0 Å². The molecule has 2 aromatic rings. The van der Waals surface area contributed by atoms with Gasteiger partial charge in [0.15, 0.2) is 0 Å². The van der Waals surface area contributed by atoms with E-state index in [0.29, 0.717) is 5.69 Å². The van der Waals surface area contributed by atoms with E-state index in [1.54, 1.807) is 18.3 Å². The summed E-state index contributed by atoms with van der Waals surface area (Å²) >= 11 is 3.20. The topological polar surface area (TPSA) is 63.6 Å². The Bertz CT molecular complexity index is 458. The van der Waals surface area contributed by atoms with Crippen molar-refractivity contribution < 1.29 is 0 Å². The van der Waals surface area contributed by atoms with Gasteiger partial charge >= 0.3 is 5.69 Å². The monoisotopic (exact) mass is 240 g/mol. The summed E-state index contributed by atoms with van der Waals surface area (Å²) in [7, 11) is 0. The highest BCUT2D eigenvalue weighted by atomic mass is 79.9. The Morgan fingerprint density at radius 1 is 1.46 bits per heavy atom. The van der Waals surface area contributed by atoms with E-state index in [4.69, 9.17) is 0 Å². The lowest BCUT2D eigenvalue weighted by atomic mass is 10.4. The number of nitrogens with one attached hydrogen (secondary N) is 1. The van der Waals surface area contributed by atoms with Crippen LogP contribution in [-0.4, -0.2) is 19.7 Å². The van der Waals surface area contributed by atoms with Crippen molar-refractivity contribution in [3.8, 4) is 5.69 Å². The van der Waals surface area contributed by atoms with E-state index in [-0.39, 0.29) is 5.69 Å². The third-order valence-electron chi connectivity index (χ3n) is 1.51. The van der Waals surface area contributed by atoms with Gasteiger partial charge in [0.1, 0.15) is 10.9 Å². The van der Waals surface area contributed by atoms with Crippen molar-refractivity contribution in [3.05, 3.63) is 39.7 Å². The molecular formula is C7H5BrN4O. The van der Waals surface area contributed by atoms with Gasteiger partial charge in [-0.15, -0.1) is 0 Å². The summed E-state index contributed by atoms with van der Waals surface area (Å²) in [5.41, 5.74) is 0.360. The number of halogens is 1. The second-order valence-corrected chi connectivity index (χ2v) is 3.16. The smallest absolute Gasteiger partial charge is 0.295 e. The molecule has 0 bridgehead atoms. The molecule has 66 valence electrons. The van der Waals surface area contributed by atoms with Gasteiger partial charge in [-0.05, 0) is 28.1 Å². The maximum Gasteiger partial charge on any atom is 0.347 e. The predicted molar refractivity (Wildman–Crippen MR) is 49.7 cm³/mol. The molecule has 2 aromatic heterocycles. The highest BCUT2D eigenvalue weighted by Crippen LogP contribution is 2.07. The van der Waals surface area contributed by atoms with Crippen LogP contribution in [0.15, 0.2) is 34.1 Å². The molecule has 6 heteroatoms. The van der Waals surface area contributed by atoms with Crippen molar-refractivity contribution in [3.63, 3.8) is 0 Å². The first-order valence-electron chi connectivity index (χ1n) is 3.52. The van der Waals surface area contributed by atoms with Crippen LogP contribution < -0.4 is 5.69 Å². The third-order valence-corrected chi connectivity index (χ3v) is 1.98. The number of H-pyrrole nitrogens is 1. The number of rotatable bonds is 1. The van der Waals surface area contributed by atoms with Gasteiger partial charge in [0, 0.05) is 0 Å². The molecule has 0 aliphatic heterocycles. The van der Waals surface area contributed by atoms with Crippen LogP contribution >= 0.6 is 15.9 Å². The van der Waals surface area contributed by atoms with Gasteiger partial charge in [0.2, 0.25) is 0 Å². The second-order valence-electron chi connectivity index (χ2n) is 2.34. The first-order chi connectivity index (χ1) is 6.27. The number of pyridine rings is 1. The SMILES string of the molecule is O=c1[nH]cnn1-c1ccc(Br)nc1. The molecule has 0 spiro atoms. The minimum atomic E-state index is -0.274. The first kappa shape index (κ1) is 8.18. The maximum absolute atomic E-state index is 11.1. The van der Waals surface area contributed by atoms with Crippen molar-refractivity contribution in [2.45, 2.75) is 0 Å². The molecule has 0 atom stereocenters. The van der Waals surface area contributed by atoms with E-state index >= 15 is 0 Å². The van der Waals surface area contributed by atoms with Gasteiger partial charge in [0.25, 0.3) is 0 Å². The first-order valence-corrected chi connectivity index (χ1v) is 4.31. The van der Waals surface area contributed by atoms with Crippen molar-refractivity contribution in [1.29, 1.82) is 0 Å². The summed E-state index contributed by atoms with van der Waals surface area (Å²) in [5, 5.41) is 3.81. The van der Waals surface area contributed by atoms with Crippen molar-refractivity contribution in [2.75, 3.05) is 0 Å². The zero-order valence-corrected chi connectivity index (χ0v) is 8.02. The summed E-state index contributed by atoms with van der Waals surface area (Å²) in [6.45, 7) is 0. The average molecular weight is 241 g/mol. The molecule has 0 unspecified atom stereocenters. The molecule has 0 radical (unpaired) electrons. The van der Waals surface area contributed by atoms with Crippen LogP contribution in [0, 0.1) is 0 Å². The van der Waals surface area contributed by atoms with Crippen LogP contribution in [-0.2, 0) is 0 Å². The summed E-state index contributed by atoms with van der Waals surface area (Å²) in [6, 6.07) is 3.50. The molecule has 0 amide bonds. The second kappa shape index (κ2) is 3.14. The van der Waals surface area contributed by atoms with E-state index in [1.165, 1.54) is 11.0 Å². The predicted octanol–water partition coefficient (Wildman–Crippen LogP) is 0.718. The third kappa shape index (κ3) is 1.52. The normalized spacial score (nSPS) is 10.2. The Balaban J connectivity index is 2.54. The Hall–Kier alpha value is -1.43. The van der Waals surface area contributed by atoms with Crippen LogP contribution in [0.5, 0.6) is 0 Å². The fourth-order valence-corrected chi connectivity index (χ4v) is 1.17. The van der Waals surface area contributed by atoms with Gasteiger partial charge in [-0.3, -0.25) is 4.98 Å². The number of nitrogens with zero attached hydrogens (tertiary/aromatic N) is 3. The molecule has 0 aliphatic rings. The molecule has 2 rings (SSSR count). The van der Waals surface area contributed by atoms with Crippen LogP contribution in [0.25, 0.3) is 5.69 Å². The van der Waals surface area contributed by atoms with Gasteiger partial charge in [-0.25, -0.2) is 9.78 Å². The Morgan fingerprint density at radius 3 is 2.85 bits per heavy atom. The quantitative estimate of drug-likeness (QED) is 0.748. The minimum absolute atomic E-state index is 0.274. The van der Waals surface area contributed by atoms with E-state index < -0.39 is 0 Å². The maximum atomic E-state index is 11.1. The van der Waals surface area contributed by atoms with Gasteiger partial charge in [-0.1, -0.05) is 0 Å². The van der Waals surface area contributed by atoms with E-state index in [1.807, 2.05) is 0 Å². The molecule has 0 fully saturated rings. The van der Waals surface area contributed by atoms with E-state index in [9.17, 15) is 4.79 Å². The minimum Gasteiger partial charge on any atom is -0.295 e. The molecule has 1 N–H and O–H groups in total. The average Bonchev–Trinajstić information content (AvgIpc) is 2.53. The van der Waals surface area contributed by atoms with Crippen LogP contribution in [0.1, 0.15) is 0 Å². The summed E-state index contributed by atoms with van der Waals surface area (Å²) < 4.78 is 1.96. The Labute approximate surface area is 81.6 Å². The lowest BCUT2D eigenvalue weighted by Crippen LogP contribution is -2.15. The fourth-order valence-electron chi connectivity index (χ4n) is 0.933. The molecule has 0 saturated heterocycles. The lowest BCUT2D eigenvalue weighted by Gasteiger charge is -1.96. The Kier molecular flexibility index (Phi) is 1.97. The summed E-state index contributed by atoms with van der Waals surface area (Å²) in [5.74, 6) is 0. The molecular weight excluding hydrogens is 236 g/mol. The van der Waals surface area contributed by atoms with Crippen molar-refractivity contribution in [1.82, 2.24) is 19.7 Å². The molecule has 13 heavy (non-hydrogen) atoms. The number of hydrogen-bond donors (Lipinski definition) is 1. The van der Waals surface area contributed by atoms with Gasteiger partial charge in [-0.2, -0.15) is 9.78 Å². The lowest BCUT2D eigenvalue weighted by molar-refractivity contribution is 0.836. The van der Waals surface area contributed by atoms with Crippen molar-refractivity contribution >= 4 is 15.9 Å². The molecule has 0 aliphatic carbocycles. The number of aromatic amines is 1. The van der Waals surface area contributed by atoms with Gasteiger partial charge in [0.05, 0.1) is 11.9 Å². The zero-order chi connectivity index (χ0) is 9.26. The largest absolute Gasteiger partial charge is 0.347 e. The standard InChI is InChI=1S/C7H5BrN4O/c8-6-2-1-5(3-9-6)12-7(13)10-4-11-12/h1-4H,(H,10,11,13). The summed E-state index contributed by atoms with van der Waals surface area (Å²) in [4.78, 5) is 17.5. The summed E-state index contributed by atoms with van der Waals surface area (Å²) in [6.07, 6.45) is 2.90. The van der Waals surface area contributed by atoms with Crippen LogP contribution in [0.4, 0.5) is 0 Å². The van der Waals surface area contributed by atoms with Crippen molar-refractivity contribution in [2.24, 2.45) is 0 Å². The van der Waals surface area contributed by atoms with E-state index in [0.717, 1.165) is 4.60 Å². The fraction of sp³-hybridized carbons (Fsp3) is 0. The highest BCUT2D eigenvalue weighted by Gasteiger charge is 2.00.